The molecule has 1 nitrogen and oxygen atoms in total. The van der Waals surface area contributed by atoms with E-state index in [1.807, 2.05) is 0 Å². The molecule has 1 fully saturated rings. The number of benzene rings is 1. The molecule has 1 aliphatic rings. The Bertz CT molecular complexity index is 217. The van der Waals surface area contributed by atoms with Crippen molar-refractivity contribution < 1.29 is 0 Å². The van der Waals surface area contributed by atoms with Gasteiger partial charge in [0.05, 0.1) is 0 Å². The van der Waals surface area contributed by atoms with Crippen molar-refractivity contribution in [1.82, 2.24) is 5.32 Å². The topological polar surface area (TPSA) is 12.0 Å². The quantitative estimate of drug-likeness (QED) is 0.704. The number of hydrogen-bond donors (Lipinski definition) is 1. The molecule has 0 bridgehead atoms. The zero-order chi connectivity index (χ0) is 7.52. The van der Waals surface area contributed by atoms with Crippen LogP contribution in [0, 0.1) is 0 Å². The Balaban J connectivity index is 0.000000720. The first kappa shape index (κ1) is 9.56. The zero-order valence-corrected chi connectivity index (χ0v) is 7.81. The minimum atomic E-state index is 0. The summed E-state index contributed by atoms with van der Waals surface area (Å²) in [5.74, 6) is 0.760. The Labute approximate surface area is 79.6 Å². The van der Waals surface area contributed by atoms with Crippen LogP contribution in [0.4, 0.5) is 0 Å². The lowest BCUT2D eigenvalue weighted by Crippen LogP contribution is -2.07. The van der Waals surface area contributed by atoms with Crippen molar-refractivity contribution in [2.45, 2.75) is 12.3 Å². The van der Waals surface area contributed by atoms with Gasteiger partial charge in [-0.25, -0.2) is 0 Å². The molecule has 12 heavy (non-hydrogen) atoms. The first-order chi connectivity index (χ1) is 5.47. The molecule has 0 saturated carbocycles. The van der Waals surface area contributed by atoms with Crippen LogP contribution in [0.3, 0.4) is 0 Å². The van der Waals surface area contributed by atoms with Crippen molar-refractivity contribution >= 4 is 12.4 Å². The fourth-order valence-electron chi connectivity index (χ4n) is 1.66. The summed E-state index contributed by atoms with van der Waals surface area (Å²) < 4.78 is 0. The summed E-state index contributed by atoms with van der Waals surface area (Å²) in [7, 11) is 0. The lowest BCUT2D eigenvalue weighted by Gasteiger charge is -2.06. The van der Waals surface area contributed by atoms with E-state index in [1.165, 1.54) is 18.5 Å². The summed E-state index contributed by atoms with van der Waals surface area (Å²) >= 11 is 0. The molecule has 0 aliphatic carbocycles. The highest BCUT2D eigenvalue weighted by Gasteiger charge is 2.15. The molecular formula is C10H14ClN. The summed E-state index contributed by atoms with van der Waals surface area (Å²) in [6.45, 7) is 2.34. The summed E-state index contributed by atoms with van der Waals surface area (Å²) in [5.41, 5.74) is 1.48. The predicted octanol–water partition coefficient (Wildman–Crippen LogP) is 2.19. The fraction of sp³-hybridized carbons (Fsp3) is 0.400. The summed E-state index contributed by atoms with van der Waals surface area (Å²) in [6.07, 6.45) is 1.30. The molecule has 1 atom stereocenters. The number of hydrogen-bond acceptors (Lipinski definition) is 1. The van der Waals surface area contributed by atoms with Gasteiger partial charge in [-0.2, -0.15) is 0 Å². The van der Waals surface area contributed by atoms with Gasteiger partial charge in [0.2, 0.25) is 0 Å². The maximum absolute atomic E-state index is 3.37. The van der Waals surface area contributed by atoms with E-state index in [4.69, 9.17) is 0 Å². The second-order valence-electron chi connectivity index (χ2n) is 3.10. The van der Waals surface area contributed by atoms with Crippen LogP contribution in [0.25, 0.3) is 0 Å². The van der Waals surface area contributed by atoms with Gasteiger partial charge in [-0.1, -0.05) is 30.3 Å². The van der Waals surface area contributed by atoms with Crippen molar-refractivity contribution in [3.8, 4) is 0 Å². The third-order valence-electron chi connectivity index (χ3n) is 2.33. The Morgan fingerprint density at radius 3 is 2.50 bits per heavy atom. The highest BCUT2D eigenvalue weighted by molar-refractivity contribution is 5.85. The van der Waals surface area contributed by atoms with E-state index < -0.39 is 0 Å². The normalized spacial score (nSPS) is 21.8. The zero-order valence-electron chi connectivity index (χ0n) is 6.99. The van der Waals surface area contributed by atoms with Gasteiger partial charge in [-0.15, -0.1) is 12.4 Å². The molecule has 0 radical (unpaired) electrons. The molecule has 1 aromatic carbocycles. The van der Waals surface area contributed by atoms with Crippen molar-refractivity contribution in [1.29, 1.82) is 0 Å². The molecular weight excluding hydrogens is 170 g/mol. The van der Waals surface area contributed by atoms with E-state index in [0.717, 1.165) is 12.5 Å². The van der Waals surface area contributed by atoms with Crippen molar-refractivity contribution in [2.24, 2.45) is 0 Å². The van der Waals surface area contributed by atoms with E-state index in [1.54, 1.807) is 0 Å². The molecule has 66 valence electrons. The minimum absolute atomic E-state index is 0. The standard InChI is InChI=1S/C10H13N.ClH/c1-2-4-9(5-3-1)10-6-7-11-8-10;/h1-5,10-11H,6-8H2;1H/t10-;/m1./s1. The molecule has 2 heteroatoms. The summed E-state index contributed by atoms with van der Waals surface area (Å²) in [5, 5.41) is 3.37. The van der Waals surface area contributed by atoms with Crippen LogP contribution in [-0.2, 0) is 0 Å². The largest absolute Gasteiger partial charge is 0.316 e. The Morgan fingerprint density at radius 2 is 1.92 bits per heavy atom. The van der Waals surface area contributed by atoms with Crippen molar-refractivity contribution in [2.75, 3.05) is 13.1 Å². The SMILES string of the molecule is Cl.c1ccc([C@@H]2CCNC2)cc1. The lowest BCUT2D eigenvalue weighted by molar-refractivity contribution is 0.763. The number of nitrogens with one attached hydrogen (secondary N) is 1. The molecule has 1 heterocycles. The van der Waals surface area contributed by atoms with Gasteiger partial charge in [0.25, 0.3) is 0 Å². The Morgan fingerprint density at radius 1 is 1.17 bits per heavy atom. The maximum atomic E-state index is 3.37. The maximum Gasteiger partial charge on any atom is 0.00206 e. The highest BCUT2D eigenvalue weighted by atomic mass is 35.5. The van der Waals surface area contributed by atoms with Gasteiger partial charge >= 0.3 is 0 Å². The minimum Gasteiger partial charge on any atom is -0.316 e. The molecule has 1 aromatic rings. The highest BCUT2D eigenvalue weighted by Crippen LogP contribution is 2.21. The molecule has 0 spiro atoms. The van der Waals surface area contributed by atoms with Crippen LogP contribution >= 0.6 is 12.4 Å². The van der Waals surface area contributed by atoms with Crippen LogP contribution in [0.1, 0.15) is 17.9 Å². The summed E-state index contributed by atoms with van der Waals surface area (Å²) in [6, 6.07) is 10.8. The van der Waals surface area contributed by atoms with E-state index in [0.29, 0.717) is 0 Å². The second kappa shape index (κ2) is 4.48. The van der Waals surface area contributed by atoms with Crippen molar-refractivity contribution in [3.63, 3.8) is 0 Å². The second-order valence-corrected chi connectivity index (χ2v) is 3.10. The molecule has 0 aromatic heterocycles. The van der Waals surface area contributed by atoms with Gasteiger partial charge in [0.15, 0.2) is 0 Å². The fourth-order valence-corrected chi connectivity index (χ4v) is 1.66. The van der Waals surface area contributed by atoms with Gasteiger partial charge in [0, 0.05) is 6.54 Å². The Hall–Kier alpha value is -0.530. The Kier molecular flexibility index (Phi) is 3.57. The molecule has 1 N–H and O–H groups in total. The third-order valence-corrected chi connectivity index (χ3v) is 2.33. The third kappa shape index (κ3) is 1.99. The van der Waals surface area contributed by atoms with E-state index >= 15 is 0 Å². The van der Waals surface area contributed by atoms with Gasteiger partial charge < -0.3 is 5.32 Å². The monoisotopic (exact) mass is 183 g/mol. The first-order valence-electron chi connectivity index (χ1n) is 4.22. The van der Waals surface area contributed by atoms with Gasteiger partial charge in [-0.3, -0.25) is 0 Å². The van der Waals surface area contributed by atoms with Gasteiger partial charge in [-0.05, 0) is 24.4 Å². The van der Waals surface area contributed by atoms with Crippen LogP contribution in [0.2, 0.25) is 0 Å². The van der Waals surface area contributed by atoms with Gasteiger partial charge in [0.1, 0.15) is 0 Å². The predicted molar refractivity (Wildman–Crippen MR) is 53.9 cm³/mol. The average molecular weight is 184 g/mol. The van der Waals surface area contributed by atoms with Crippen molar-refractivity contribution in [3.05, 3.63) is 35.9 Å². The molecule has 2 rings (SSSR count). The average Bonchev–Trinajstić information content (AvgIpc) is 2.58. The van der Waals surface area contributed by atoms with E-state index in [-0.39, 0.29) is 12.4 Å². The van der Waals surface area contributed by atoms with Crippen LogP contribution in [-0.4, -0.2) is 13.1 Å². The van der Waals surface area contributed by atoms with Crippen LogP contribution in [0.5, 0.6) is 0 Å². The lowest BCUT2D eigenvalue weighted by atomic mass is 9.99. The smallest absolute Gasteiger partial charge is 0.00206 e. The molecule has 1 saturated heterocycles. The van der Waals surface area contributed by atoms with Crippen LogP contribution < -0.4 is 5.32 Å². The number of halogens is 1. The summed E-state index contributed by atoms with van der Waals surface area (Å²) in [4.78, 5) is 0. The van der Waals surface area contributed by atoms with E-state index in [9.17, 15) is 0 Å². The first-order valence-corrected chi connectivity index (χ1v) is 4.22. The molecule has 0 unspecified atom stereocenters. The van der Waals surface area contributed by atoms with E-state index in [2.05, 4.69) is 35.6 Å². The van der Waals surface area contributed by atoms with Crippen LogP contribution in [0.15, 0.2) is 30.3 Å². The molecule has 0 amide bonds. The number of rotatable bonds is 1. The molecule has 1 aliphatic heterocycles.